The molecule has 0 bridgehead atoms. The number of methoxy groups -OCH3 is 2. The van der Waals surface area contributed by atoms with Crippen LogP contribution >= 0.6 is 0 Å². The van der Waals surface area contributed by atoms with Gasteiger partial charge in [0.25, 0.3) is 5.91 Å². The fourth-order valence-electron chi connectivity index (χ4n) is 2.20. The third-order valence-electron chi connectivity index (χ3n) is 3.64. The Kier molecular flexibility index (Phi) is 6.39. The molecule has 1 N–H and O–H groups in total. The van der Waals surface area contributed by atoms with E-state index in [1.54, 1.807) is 39.3 Å². The van der Waals surface area contributed by atoms with Gasteiger partial charge in [0.15, 0.2) is 6.61 Å². The van der Waals surface area contributed by atoms with Gasteiger partial charge in [0.05, 0.1) is 19.8 Å². The summed E-state index contributed by atoms with van der Waals surface area (Å²) in [5.74, 6) is 0.500. The van der Waals surface area contributed by atoms with Crippen LogP contribution in [0.15, 0.2) is 42.5 Å². The summed E-state index contributed by atoms with van der Waals surface area (Å²) in [5.41, 5.74) is 2.05. The molecule has 0 spiro atoms. The van der Waals surface area contributed by atoms with Crippen LogP contribution in [0.2, 0.25) is 0 Å². The first-order valence-corrected chi connectivity index (χ1v) is 7.75. The maximum Gasteiger partial charge on any atom is 0.338 e. The van der Waals surface area contributed by atoms with Crippen molar-refractivity contribution in [2.45, 2.75) is 13.5 Å². The number of aryl methyl sites for hydroxylation is 1. The molecule has 0 heterocycles. The number of carbonyl (C=O) groups is 2. The van der Waals surface area contributed by atoms with Gasteiger partial charge in [-0.2, -0.15) is 0 Å². The van der Waals surface area contributed by atoms with E-state index in [0.717, 1.165) is 16.9 Å². The fraction of sp³-hybridized carbons (Fsp3) is 0.263. The molecular weight excluding hydrogens is 322 g/mol. The van der Waals surface area contributed by atoms with Crippen molar-refractivity contribution in [1.29, 1.82) is 0 Å². The standard InChI is InChI=1S/C19H21NO5/c1-13-10-16(24-3)8-9-17(13)19(22)25-12-18(21)20-11-14-4-6-15(23-2)7-5-14/h4-10H,11-12H2,1-3H3,(H,20,21). The first kappa shape index (κ1) is 18.3. The molecule has 0 atom stereocenters. The summed E-state index contributed by atoms with van der Waals surface area (Å²) in [6.07, 6.45) is 0. The van der Waals surface area contributed by atoms with Crippen LogP contribution in [-0.2, 0) is 16.1 Å². The van der Waals surface area contributed by atoms with Gasteiger partial charge in [-0.05, 0) is 48.4 Å². The van der Waals surface area contributed by atoms with Gasteiger partial charge in [-0.3, -0.25) is 4.79 Å². The third kappa shape index (κ3) is 5.24. The summed E-state index contributed by atoms with van der Waals surface area (Å²) in [5, 5.41) is 2.70. The van der Waals surface area contributed by atoms with Gasteiger partial charge >= 0.3 is 5.97 Å². The van der Waals surface area contributed by atoms with Crippen LogP contribution in [0.4, 0.5) is 0 Å². The number of nitrogens with one attached hydrogen (secondary N) is 1. The Balaban J connectivity index is 1.81. The first-order valence-electron chi connectivity index (χ1n) is 7.75. The average Bonchev–Trinajstić information content (AvgIpc) is 2.64. The minimum Gasteiger partial charge on any atom is -0.497 e. The van der Waals surface area contributed by atoms with Gasteiger partial charge in [-0.25, -0.2) is 4.79 Å². The summed E-state index contributed by atoms with van der Waals surface area (Å²) in [7, 11) is 3.15. The van der Waals surface area contributed by atoms with Gasteiger partial charge in [0, 0.05) is 6.54 Å². The molecule has 0 aromatic heterocycles. The Morgan fingerprint density at radius 1 is 0.960 bits per heavy atom. The quantitative estimate of drug-likeness (QED) is 0.782. The van der Waals surface area contributed by atoms with E-state index >= 15 is 0 Å². The van der Waals surface area contributed by atoms with Crippen LogP contribution < -0.4 is 14.8 Å². The average molecular weight is 343 g/mol. The molecule has 0 radical (unpaired) electrons. The van der Waals surface area contributed by atoms with E-state index in [4.69, 9.17) is 14.2 Å². The summed E-state index contributed by atoms with van der Waals surface area (Å²) in [6.45, 7) is 1.80. The molecule has 0 aliphatic heterocycles. The SMILES string of the molecule is COc1ccc(CNC(=O)COC(=O)c2ccc(OC)cc2C)cc1. The lowest BCUT2D eigenvalue weighted by molar-refractivity contribution is -0.124. The number of ether oxygens (including phenoxy) is 3. The molecule has 2 aromatic rings. The van der Waals surface area contributed by atoms with Crippen LogP contribution in [0, 0.1) is 6.92 Å². The molecule has 0 saturated carbocycles. The zero-order valence-electron chi connectivity index (χ0n) is 14.5. The molecule has 0 aliphatic carbocycles. The van der Waals surface area contributed by atoms with Crippen LogP contribution in [0.25, 0.3) is 0 Å². The van der Waals surface area contributed by atoms with E-state index in [1.807, 2.05) is 24.3 Å². The molecule has 6 heteroatoms. The second-order valence-electron chi connectivity index (χ2n) is 5.38. The number of benzene rings is 2. The van der Waals surface area contributed by atoms with E-state index in [1.165, 1.54) is 0 Å². The Labute approximate surface area is 146 Å². The number of hydrogen-bond acceptors (Lipinski definition) is 5. The lowest BCUT2D eigenvalue weighted by atomic mass is 10.1. The molecule has 132 valence electrons. The highest BCUT2D eigenvalue weighted by Gasteiger charge is 2.13. The predicted octanol–water partition coefficient (Wildman–Crippen LogP) is 2.49. The second kappa shape index (κ2) is 8.73. The molecule has 6 nitrogen and oxygen atoms in total. The molecule has 0 saturated heterocycles. The van der Waals surface area contributed by atoms with E-state index in [0.29, 0.717) is 17.9 Å². The molecule has 1 amide bonds. The van der Waals surface area contributed by atoms with E-state index in [9.17, 15) is 9.59 Å². The highest BCUT2D eigenvalue weighted by Crippen LogP contribution is 2.17. The van der Waals surface area contributed by atoms with Gasteiger partial charge in [0.2, 0.25) is 0 Å². The maximum absolute atomic E-state index is 12.1. The van der Waals surface area contributed by atoms with Crippen molar-refractivity contribution in [2.24, 2.45) is 0 Å². The zero-order chi connectivity index (χ0) is 18.2. The van der Waals surface area contributed by atoms with E-state index in [-0.39, 0.29) is 12.5 Å². The lowest BCUT2D eigenvalue weighted by Crippen LogP contribution is -2.28. The minimum absolute atomic E-state index is 0.333. The Bertz CT molecular complexity index is 740. The smallest absolute Gasteiger partial charge is 0.338 e. The van der Waals surface area contributed by atoms with Gasteiger partial charge < -0.3 is 19.5 Å². The van der Waals surface area contributed by atoms with Crippen molar-refractivity contribution in [2.75, 3.05) is 20.8 Å². The number of rotatable bonds is 7. The number of esters is 1. The molecule has 25 heavy (non-hydrogen) atoms. The van der Waals surface area contributed by atoms with Crippen LogP contribution in [0.5, 0.6) is 11.5 Å². The summed E-state index contributed by atoms with van der Waals surface area (Å²) in [4.78, 5) is 23.9. The number of amides is 1. The van der Waals surface area contributed by atoms with Crippen LogP contribution in [0.1, 0.15) is 21.5 Å². The highest BCUT2D eigenvalue weighted by atomic mass is 16.5. The van der Waals surface area contributed by atoms with E-state index in [2.05, 4.69) is 5.32 Å². The number of carbonyl (C=O) groups excluding carboxylic acids is 2. The summed E-state index contributed by atoms with van der Waals surface area (Å²) >= 11 is 0. The first-order chi connectivity index (χ1) is 12.0. The van der Waals surface area contributed by atoms with Gasteiger partial charge in [0.1, 0.15) is 11.5 Å². The molecule has 2 rings (SSSR count). The van der Waals surface area contributed by atoms with Crippen molar-refractivity contribution in [3.63, 3.8) is 0 Å². The van der Waals surface area contributed by atoms with E-state index < -0.39 is 5.97 Å². The predicted molar refractivity (Wildman–Crippen MR) is 92.9 cm³/mol. The van der Waals surface area contributed by atoms with Crippen molar-refractivity contribution in [1.82, 2.24) is 5.32 Å². The summed E-state index contributed by atoms with van der Waals surface area (Å²) < 4.78 is 15.2. The molecule has 2 aromatic carbocycles. The topological polar surface area (TPSA) is 73.9 Å². The number of hydrogen-bond donors (Lipinski definition) is 1. The Morgan fingerprint density at radius 2 is 1.60 bits per heavy atom. The zero-order valence-corrected chi connectivity index (χ0v) is 14.5. The Morgan fingerprint density at radius 3 is 2.20 bits per heavy atom. The van der Waals surface area contributed by atoms with Crippen molar-refractivity contribution < 1.29 is 23.8 Å². The summed E-state index contributed by atoms with van der Waals surface area (Å²) in [6, 6.07) is 12.4. The second-order valence-corrected chi connectivity index (χ2v) is 5.38. The van der Waals surface area contributed by atoms with Crippen LogP contribution in [0.3, 0.4) is 0 Å². The van der Waals surface area contributed by atoms with Gasteiger partial charge in [-0.15, -0.1) is 0 Å². The van der Waals surface area contributed by atoms with Crippen molar-refractivity contribution >= 4 is 11.9 Å². The molecular formula is C19H21NO5. The normalized spacial score (nSPS) is 10.0. The molecule has 0 unspecified atom stereocenters. The van der Waals surface area contributed by atoms with Crippen molar-refractivity contribution in [3.05, 3.63) is 59.2 Å². The lowest BCUT2D eigenvalue weighted by Gasteiger charge is -2.09. The Hall–Kier alpha value is -3.02. The van der Waals surface area contributed by atoms with Crippen molar-refractivity contribution in [3.8, 4) is 11.5 Å². The minimum atomic E-state index is -0.542. The maximum atomic E-state index is 12.1. The molecule has 0 fully saturated rings. The van der Waals surface area contributed by atoms with Gasteiger partial charge in [-0.1, -0.05) is 12.1 Å². The highest BCUT2D eigenvalue weighted by molar-refractivity contribution is 5.92. The largest absolute Gasteiger partial charge is 0.497 e. The fourth-order valence-corrected chi connectivity index (χ4v) is 2.20. The monoisotopic (exact) mass is 343 g/mol. The third-order valence-corrected chi connectivity index (χ3v) is 3.64. The molecule has 0 aliphatic rings. The van der Waals surface area contributed by atoms with Crippen LogP contribution in [-0.4, -0.2) is 32.7 Å².